The molecule has 0 aliphatic heterocycles. The molecule has 0 unspecified atom stereocenters. The molecule has 0 saturated carbocycles. The first kappa shape index (κ1) is 22.2. The van der Waals surface area contributed by atoms with E-state index >= 15 is 0 Å². The lowest BCUT2D eigenvalue weighted by atomic mass is 10.2. The van der Waals surface area contributed by atoms with Crippen LogP contribution in [0.3, 0.4) is 0 Å². The van der Waals surface area contributed by atoms with Crippen molar-refractivity contribution in [1.29, 1.82) is 0 Å². The van der Waals surface area contributed by atoms with Gasteiger partial charge in [-0.1, -0.05) is 24.3 Å². The Morgan fingerprint density at radius 1 is 0.935 bits per heavy atom. The monoisotopic (exact) mass is 440 g/mol. The Kier molecular flexibility index (Phi) is 7.15. The first-order valence-corrected chi connectivity index (χ1v) is 11.1. The number of ether oxygens (including phenoxy) is 2. The van der Waals surface area contributed by atoms with Gasteiger partial charge in [0.2, 0.25) is 0 Å². The number of carbonyl (C=O) groups excluding carboxylic acids is 1. The Hall–Kier alpha value is -3.52. The van der Waals surface area contributed by atoms with Gasteiger partial charge in [0.05, 0.1) is 18.0 Å². The average Bonchev–Trinajstić information content (AvgIpc) is 2.78. The molecule has 0 radical (unpaired) electrons. The number of benzene rings is 3. The van der Waals surface area contributed by atoms with Crippen LogP contribution in [0.15, 0.2) is 83.8 Å². The van der Waals surface area contributed by atoms with Gasteiger partial charge < -0.3 is 14.8 Å². The maximum Gasteiger partial charge on any atom is 0.261 e. The largest absolute Gasteiger partial charge is 0.497 e. The van der Waals surface area contributed by atoms with E-state index in [2.05, 4.69) is 10.0 Å². The highest BCUT2D eigenvalue weighted by atomic mass is 32.2. The molecule has 0 bridgehead atoms. The smallest absolute Gasteiger partial charge is 0.261 e. The third kappa shape index (κ3) is 6.23. The van der Waals surface area contributed by atoms with Gasteiger partial charge in [-0.2, -0.15) is 0 Å². The van der Waals surface area contributed by atoms with Gasteiger partial charge in [-0.3, -0.25) is 9.52 Å². The van der Waals surface area contributed by atoms with Crippen molar-refractivity contribution in [3.05, 3.63) is 84.4 Å². The number of anilines is 1. The normalized spacial score (nSPS) is 11.9. The van der Waals surface area contributed by atoms with E-state index in [1.54, 1.807) is 74.7 Å². The average molecular weight is 441 g/mol. The highest BCUT2D eigenvalue weighted by Gasteiger charge is 2.17. The molecular weight excluding hydrogens is 416 g/mol. The zero-order valence-electron chi connectivity index (χ0n) is 17.2. The first-order chi connectivity index (χ1) is 14.9. The minimum absolute atomic E-state index is 0.00568. The van der Waals surface area contributed by atoms with Crippen molar-refractivity contribution in [2.24, 2.45) is 0 Å². The van der Waals surface area contributed by atoms with E-state index in [4.69, 9.17) is 9.47 Å². The van der Waals surface area contributed by atoms with Crippen LogP contribution >= 0.6 is 0 Å². The molecule has 0 spiro atoms. The summed E-state index contributed by atoms with van der Waals surface area (Å²) in [7, 11) is -2.23. The van der Waals surface area contributed by atoms with Crippen molar-refractivity contribution < 1.29 is 22.7 Å². The fourth-order valence-electron chi connectivity index (χ4n) is 2.77. The maximum atomic E-state index is 12.6. The number of nitrogens with one attached hydrogen (secondary N) is 2. The third-order valence-corrected chi connectivity index (χ3v) is 5.75. The molecule has 0 aliphatic carbocycles. The van der Waals surface area contributed by atoms with Gasteiger partial charge in [0, 0.05) is 11.3 Å². The van der Waals surface area contributed by atoms with Crippen LogP contribution in [0.4, 0.5) is 5.69 Å². The second-order valence-electron chi connectivity index (χ2n) is 6.86. The van der Waals surface area contributed by atoms with E-state index in [0.717, 1.165) is 5.75 Å². The molecule has 8 heteroatoms. The van der Waals surface area contributed by atoms with E-state index in [-0.39, 0.29) is 29.0 Å². The summed E-state index contributed by atoms with van der Waals surface area (Å²) in [5.74, 6) is 0.995. The van der Waals surface area contributed by atoms with Crippen LogP contribution in [0.5, 0.6) is 11.5 Å². The van der Waals surface area contributed by atoms with Crippen LogP contribution in [-0.4, -0.2) is 34.1 Å². The Morgan fingerprint density at radius 3 is 2.29 bits per heavy atom. The van der Waals surface area contributed by atoms with Crippen LogP contribution < -0.4 is 19.5 Å². The lowest BCUT2D eigenvalue weighted by molar-refractivity contribution is 0.0926. The second kappa shape index (κ2) is 9.99. The van der Waals surface area contributed by atoms with Gasteiger partial charge in [0.15, 0.2) is 0 Å². The Labute approximate surface area is 182 Å². The lowest BCUT2D eigenvalue weighted by Crippen LogP contribution is -2.36. The molecule has 7 nitrogen and oxygen atoms in total. The number of para-hydroxylation sites is 1. The molecule has 1 amide bonds. The standard InChI is InChI=1S/C23H24N2O5S/c1-17(16-30-21-13-11-20(29-2)12-14-21)24-23(26)18-7-6-10-22(15-18)31(27,28)25-19-8-4-3-5-9-19/h3-15,17,25H,16H2,1-2H3,(H,24,26)/t17-/m0/s1. The first-order valence-electron chi connectivity index (χ1n) is 9.63. The minimum Gasteiger partial charge on any atom is -0.497 e. The molecule has 0 heterocycles. The SMILES string of the molecule is COc1ccc(OC[C@H](C)NC(=O)c2cccc(S(=O)(=O)Nc3ccccc3)c2)cc1. The molecule has 1 atom stereocenters. The number of sulfonamides is 1. The topological polar surface area (TPSA) is 93.7 Å². The summed E-state index contributed by atoms with van der Waals surface area (Å²) < 4.78 is 38.5. The predicted octanol–water partition coefficient (Wildman–Crippen LogP) is 3.69. The van der Waals surface area contributed by atoms with Crippen molar-refractivity contribution in [2.75, 3.05) is 18.4 Å². The van der Waals surface area contributed by atoms with Gasteiger partial charge in [-0.15, -0.1) is 0 Å². The Balaban J connectivity index is 1.61. The van der Waals surface area contributed by atoms with Gasteiger partial charge in [-0.25, -0.2) is 8.42 Å². The van der Waals surface area contributed by atoms with Crippen molar-refractivity contribution in [1.82, 2.24) is 5.32 Å². The number of hydrogen-bond donors (Lipinski definition) is 2. The summed E-state index contributed by atoms with van der Waals surface area (Å²) in [6, 6.07) is 21.3. The highest BCUT2D eigenvalue weighted by Crippen LogP contribution is 2.18. The minimum atomic E-state index is -3.81. The number of methoxy groups -OCH3 is 1. The molecule has 0 aromatic heterocycles. The van der Waals surface area contributed by atoms with E-state index in [1.165, 1.54) is 18.2 Å². The summed E-state index contributed by atoms with van der Waals surface area (Å²) >= 11 is 0. The van der Waals surface area contributed by atoms with Crippen molar-refractivity contribution >= 4 is 21.6 Å². The van der Waals surface area contributed by atoms with Gasteiger partial charge in [0.1, 0.15) is 18.1 Å². The Morgan fingerprint density at radius 2 is 1.61 bits per heavy atom. The zero-order valence-corrected chi connectivity index (χ0v) is 18.1. The lowest BCUT2D eigenvalue weighted by Gasteiger charge is -2.16. The highest BCUT2D eigenvalue weighted by molar-refractivity contribution is 7.92. The number of rotatable bonds is 9. The number of carbonyl (C=O) groups is 1. The van der Waals surface area contributed by atoms with Crippen molar-refractivity contribution in [3.8, 4) is 11.5 Å². The Bertz CT molecular complexity index is 1120. The molecule has 0 aliphatic rings. The molecule has 0 fully saturated rings. The molecule has 162 valence electrons. The molecule has 3 rings (SSSR count). The van der Waals surface area contributed by atoms with Crippen LogP contribution in [0.25, 0.3) is 0 Å². The molecular formula is C23H24N2O5S. The summed E-state index contributed by atoms with van der Waals surface area (Å²) in [5.41, 5.74) is 0.689. The van der Waals surface area contributed by atoms with Crippen molar-refractivity contribution in [3.63, 3.8) is 0 Å². The third-order valence-electron chi connectivity index (χ3n) is 4.37. The van der Waals surface area contributed by atoms with Crippen LogP contribution in [0.2, 0.25) is 0 Å². The van der Waals surface area contributed by atoms with E-state index < -0.39 is 10.0 Å². The van der Waals surface area contributed by atoms with E-state index in [9.17, 15) is 13.2 Å². The van der Waals surface area contributed by atoms with Gasteiger partial charge in [0.25, 0.3) is 15.9 Å². The second-order valence-corrected chi connectivity index (χ2v) is 8.54. The molecule has 3 aromatic rings. The fourth-order valence-corrected chi connectivity index (χ4v) is 3.87. The fraction of sp³-hybridized carbons (Fsp3) is 0.174. The maximum absolute atomic E-state index is 12.6. The van der Waals surface area contributed by atoms with Crippen molar-refractivity contribution in [2.45, 2.75) is 17.9 Å². The number of hydrogen-bond acceptors (Lipinski definition) is 5. The summed E-state index contributed by atoms with van der Waals surface area (Å²) in [6.07, 6.45) is 0. The number of amides is 1. The quantitative estimate of drug-likeness (QED) is 0.529. The van der Waals surface area contributed by atoms with E-state index in [1.807, 2.05) is 0 Å². The molecule has 3 aromatic carbocycles. The zero-order chi connectivity index (χ0) is 22.3. The van der Waals surface area contributed by atoms with Crippen LogP contribution in [0.1, 0.15) is 17.3 Å². The summed E-state index contributed by atoms with van der Waals surface area (Å²) in [6.45, 7) is 2.06. The molecule has 31 heavy (non-hydrogen) atoms. The van der Waals surface area contributed by atoms with Gasteiger partial charge >= 0.3 is 0 Å². The summed E-state index contributed by atoms with van der Waals surface area (Å²) in [5, 5.41) is 2.81. The summed E-state index contributed by atoms with van der Waals surface area (Å²) in [4.78, 5) is 12.6. The molecule has 0 saturated heterocycles. The van der Waals surface area contributed by atoms with Crippen LogP contribution in [0, 0.1) is 0 Å². The van der Waals surface area contributed by atoms with E-state index in [0.29, 0.717) is 11.4 Å². The molecule has 2 N–H and O–H groups in total. The predicted molar refractivity (Wildman–Crippen MR) is 119 cm³/mol. The van der Waals surface area contributed by atoms with Crippen LogP contribution in [-0.2, 0) is 10.0 Å². The van der Waals surface area contributed by atoms with Gasteiger partial charge in [-0.05, 0) is 61.5 Å².